The molecule has 3 rings (SSSR count). The van der Waals surface area contributed by atoms with Crippen LogP contribution >= 0.6 is 55.4 Å². The fraction of sp³-hybridized carbons (Fsp3) is 0.0476. The summed E-state index contributed by atoms with van der Waals surface area (Å²) in [6.07, 6.45) is 3.27. The highest BCUT2D eigenvalue weighted by Gasteiger charge is 2.15. The molecule has 30 heavy (non-hydrogen) atoms. The lowest BCUT2D eigenvalue weighted by Gasteiger charge is -2.07. The van der Waals surface area contributed by atoms with Gasteiger partial charge in [-0.05, 0) is 61.1 Å². The number of hydrogen-bond acceptors (Lipinski definition) is 5. The van der Waals surface area contributed by atoms with Gasteiger partial charge in [-0.1, -0.05) is 67.5 Å². The molecule has 0 bridgehead atoms. The van der Waals surface area contributed by atoms with Crippen LogP contribution in [0.5, 0.6) is 0 Å². The van der Waals surface area contributed by atoms with E-state index >= 15 is 0 Å². The van der Waals surface area contributed by atoms with E-state index in [1.807, 2.05) is 30.3 Å². The Morgan fingerprint density at radius 1 is 1.10 bits per heavy atom. The van der Waals surface area contributed by atoms with Crippen molar-refractivity contribution < 1.29 is 9.59 Å². The third-order valence-electron chi connectivity index (χ3n) is 3.83. The molecule has 0 radical (unpaired) electrons. The number of amides is 1. The fourth-order valence-electron chi connectivity index (χ4n) is 2.47. The number of halogens is 2. The van der Waals surface area contributed by atoms with E-state index in [1.165, 1.54) is 17.4 Å². The fourth-order valence-corrected chi connectivity index (χ4v) is 4.43. The number of benzene rings is 2. The Balaban J connectivity index is 1.64. The summed E-state index contributed by atoms with van der Waals surface area (Å²) < 4.78 is 1.74. The summed E-state index contributed by atoms with van der Waals surface area (Å²) in [6, 6.07) is 14.6. The van der Waals surface area contributed by atoms with Gasteiger partial charge in [-0.25, -0.2) is 4.98 Å². The van der Waals surface area contributed by atoms with Gasteiger partial charge < -0.3 is 5.32 Å². The molecule has 5 nitrogen and oxygen atoms in total. The smallest absolute Gasteiger partial charge is 0.257 e. The number of aromatic nitrogens is 1. The van der Waals surface area contributed by atoms with Crippen molar-refractivity contribution >= 4 is 83.4 Å². The van der Waals surface area contributed by atoms with Gasteiger partial charge >= 0.3 is 0 Å². The molecule has 0 aliphatic rings. The number of nitrogens with zero attached hydrogens (tertiary/aromatic N) is 1. The first kappa shape index (κ1) is 22.5. The van der Waals surface area contributed by atoms with E-state index in [1.54, 1.807) is 31.2 Å². The van der Waals surface area contributed by atoms with Crippen molar-refractivity contribution in [2.45, 2.75) is 6.92 Å². The largest absolute Gasteiger partial charge is 0.308 e. The predicted molar refractivity (Wildman–Crippen MR) is 132 cm³/mol. The number of ketones is 1. The van der Waals surface area contributed by atoms with Crippen LogP contribution in [0.4, 0.5) is 5.13 Å². The third kappa shape index (κ3) is 6.15. The number of carbonyl (C=O) groups excluding carboxylic acids is 2. The van der Waals surface area contributed by atoms with Gasteiger partial charge in [0.25, 0.3) is 5.91 Å². The molecule has 3 aromatic rings. The van der Waals surface area contributed by atoms with E-state index < -0.39 is 0 Å². The number of aryl methyl sites for hydroxylation is 1. The molecule has 0 spiro atoms. The van der Waals surface area contributed by atoms with Gasteiger partial charge in [0.05, 0.1) is 10.6 Å². The van der Waals surface area contributed by atoms with E-state index in [0.29, 0.717) is 21.3 Å². The Hall–Kier alpha value is -2.20. The molecule has 0 saturated carbocycles. The number of carbonyl (C=O) groups is 2. The van der Waals surface area contributed by atoms with Gasteiger partial charge in [0.1, 0.15) is 0 Å². The average Bonchev–Trinajstić information content (AvgIpc) is 3.06. The Morgan fingerprint density at radius 3 is 2.50 bits per heavy atom. The molecule has 152 valence electrons. The summed E-state index contributed by atoms with van der Waals surface area (Å²) in [5.41, 5.74) is 1.97. The number of allylic oxidation sites excluding steroid dienone is 1. The molecule has 1 aromatic heterocycles. The van der Waals surface area contributed by atoms with E-state index in [-0.39, 0.29) is 16.8 Å². The quantitative estimate of drug-likeness (QED) is 0.226. The molecule has 0 aliphatic heterocycles. The van der Waals surface area contributed by atoms with Crippen molar-refractivity contribution in [1.82, 2.24) is 10.3 Å². The van der Waals surface area contributed by atoms with Crippen molar-refractivity contribution in [2.75, 3.05) is 5.32 Å². The maximum Gasteiger partial charge on any atom is 0.257 e. The highest BCUT2D eigenvalue weighted by molar-refractivity contribution is 9.10. The first-order valence-electron chi connectivity index (χ1n) is 8.65. The van der Waals surface area contributed by atoms with Crippen LogP contribution < -0.4 is 10.6 Å². The Labute approximate surface area is 199 Å². The first-order valence-corrected chi connectivity index (χ1v) is 11.5. The number of rotatable bonds is 5. The van der Waals surface area contributed by atoms with Gasteiger partial charge in [0.2, 0.25) is 0 Å². The molecular weight excluding hydrogens is 550 g/mol. The van der Waals surface area contributed by atoms with Gasteiger partial charge in [0, 0.05) is 14.5 Å². The molecule has 0 fully saturated rings. The summed E-state index contributed by atoms with van der Waals surface area (Å²) in [5.74, 6) is -0.488. The molecule has 2 aromatic carbocycles. The number of thiocarbonyl (C=S) groups is 1. The van der Waals surface area contributed by atoms with Crippen LogP contribution in [0.1, 0.15) is 31.3 Å². The van der Waals surface area contributed by atoms with Crippen LogP contribution in [0.2, 0.25) is 0 Å². The molecule has 1 heterocycles. The summed E-state index contributed by atoms with van der Waals surface area (Å²) >= 11 is 13.1. The van der Waals surface area contributed by atoms with Crippen LogP contribution in [0.25, 0.3) is 6.08 Å². The molecule has 0 saturated heterocycles. The van der Waals surface area contributed by atoms with E-state index in [4.69, 9.17) is 12.2 Å². The van der Waals surface area contributed by atoms with E-state index in [9.17, 15) is 9.59 Å². The lowest BCUT2D eigenvalue weighted by Crippen LogP contribution is -2.34. The monoisotopic (exact) mass is 563 g/mol. The second-order valence-electron chi connectivity index (χ2n) is 6.10. The van der Waals surface area contributed by atoms with Gasteiger partial charge in [-0.3, -0.25) is 14.9 Å². The molecule has 0 unspecified atom stereocenters. The SMILES string of the molecule is Cc1nc(NC(=S)NC(=O)c2cccc(Br)c2)sc1C(=O)/C=C/c1cccc(Br)c1. The molecule has 1 amide bonds. The third-order valence-corrected chi connectivity index (χ3v) is 6.11. The Morgan fingerprint density at radius 2 is 1.80 bits per heavy atom. The second kappa shape index (κ2) is 10.2. The maximum atomic E-state index is 12.6. The van der Waals surface area contributed by atoms with Crippen molar-refractivity contribution in [3.8, 4) is 0 Å². The topological polar surface area (TPSA) is 71.1 Å². The van der Waals surface area contributed by atoms with Crippen molar-refractivity contribution in [3.05, 3.63) is 85.3 Å². The average molecular weight is 565 g/mol. The van der Waals surface area contributed by atoms with Crippen LogP contribution in [0.15, 0.2) is 63.6 Å². The minimum Gasteiger partial charge on any atom is -0.308 e. The predicted octanol–water partition coefficient (Wildman–Crippen LogP) is 6.00. The highest BCUT2D eigenvalue weighted by atomic mass is 79.9. The zero-order valence-electron chi connectivity index (χ0n) is 15.6. The summed E-state index contributed by atoms with van der Waals surface area (Å²) in [5, 5.41) is 6.02. The van der Waals surface area contributed by atoms with Crippen LogP contribution in [-0.2, 0) is 0 Å². The zero-order valence-corrected chi connectivity index (χ0v) is 20.4. The second-order valence-corrected chi connectivity index (χ2v) is 9.34. The molecular formula is C21H15Br2N3O2S2. The van der Waals surface area contributed by atoms with Crippen LogP contribution in [0, 0.1) is 6.92 Å². The van der Waals surface area contributed by atoms with Crippen molar-refractivity contribution in [1.29, 1.82) is 0 Å². The molecule has 9 heteroatoms. The number of thiazole rings is 1. The lowest BCUT2D eigenvalue weighted by atomic mass is 10.2. The molecule has 0 aliphatic carbocycles. The van der Waals surface area contributed by atoms with Crippen LogP contribution in [0.3, 0.4) is 0 Å². The van der Waals surface area contributed by atoms with Crippen LogP contribution in [-0.4, -0.2) is 21.8 Å². The lowest BCUT2D eigenvalue weighted by molar-refractivity contribution is 0.0976. The van der Waals surface area contributed by atoms with E-state index in [0.717, 1.165) is 14.5 Å². The standard InChI is InChI=1S/C21H15Br2N3O2S2/c1-12-18(17(27)9-8-13-4-2-6-15(22)10-13)30-21(24-12)26-20(29)25-19(28)14-5-3-7-16(23)11-14/h2-11H,1H3,(H2,24,25,26,28,29)/b9-8+. The summed E-state index contributed by atoms with van der Waals surface area (Å²) in [7, 11) is 0. The Bertz CT molecular complexity index is 1160. The van der Waals surface area contributed by atoms with Crippen molar-refractivity contribution in [3.63, 3.8) is 0 Å². The number of hydrogen-bond donors (Lipinski definition) is 2. The minimum atomic E-state index is -0.338. The Kier molecular flexibility index (Phi) is 7.65. The summed E-state index contributed by atoms with van der Waals surface area (Å²) in [4.78, 5) is 29.7. The van der Waals surface area contributed by atoms with Crippen molar-refractivity contribution in [2.24, 2.45) is 0 Å². The highest BCUT2D eigenvalue weighted by Crippen LogP contribution is 2.24. The normalized spacial score (nSPS) is 10.8. The number of nitrogens with one attached hydrogen (secondary N) is 2. The minimum absolute atomic E-state index is 0.109. The maximum absolute atomic E-state index is 12.6. The van der Waals surface area contributed by atoms with Gasteiger partial charge in [0.15, 0.2) is 16.0 Å². The summed E-state index contributed by atoms with van der Waals surface area (Å²) in [6.45, 7) is 1.75. The van der Waals surface area contributed by atoms with Gasteiger partial charge in [-0.2, -0.15) is 0 Å². The molecule has 0 atom stereocenters. The van der Waals surface area contributed by atoms with E-state index in [2.05, 4.69) is 47.5 Å². The molecule has 2 N–H and O–H groups in total. The number of anilines is 1. The first-order chi connectivity index (χ1) is 14.3. The van der Waals surface area contributed by atoms with Gasteiger partial charge in [-0.15, -0.1) is 0 Å². The zero-order chi connectivity index (χ0) is 21.7.